The third-order valence-corrected chi connectivity index (χ3v) is 3.97. The first kappa shape index (κ1) is 18.0. The third kappa shape index (κ3) is 6.94. The zero-order valence-electron chi connectivity index (χ0n) is 13.5. The zero-order chi connectivity index (χ0) is 15.5. The molecular formula is C18H30FNO. The van der Waals surface area contributed by atoms with Gasteiger partial charge in [0.15, 0.2) is 11.6 Å². The second-order valence-electron chi connectivity index (χ2n) is 5.76. The molecule has 0 saturated carbocycles. The topological polar surface area (TPSA) is 35.2 Å². The Hall–Kier alpha value is -1.09. The summed E-state index contributed by atoms with van der Waals surface area (Å²) in [4.78, 5) is 0. The van der Waals surface area contributed by atoms with Crippen molar-refractivity contribution in [2.45, 2.75) is 70.8 Å². The van der Waals surface area contributed by atoms with Crippen molar-refractivity contribution < 1.29 is 9.13 Å². The standard InChI is InChI=1S/C18H30FNO/c1-3-4-5-6-7-8-9-10-11-17(20)15-12-13-18(21-2)16(19)14-15/h12-14,17H,3-11,20H2,1-2H3. The molecule has 0 bridgehead atoms. The first-order chi connectivity index (χ1) is 10.2. The summed E-state index contributed by atoms with van der Waals surface area (Å²) in [5.41, 5.74) is 6.99. The molecule has 0 radical (unpaired) electrons. The Kier molecular flexibility index (Phi) is 9.07. The summed E-state index contributed by atoms with van der Waals surface area (Å²) in [5.74, 6) is -0.0561. The van der Waals surface area contributed by atoms with E-state index in [4.69, 9.17) is 10.5 Å². The average molecular weight is 295 g/mol. The molecule has 0 saturated heterocycles. The lowest BCUT2D eigenvalue weighted by molar-refractivity contribution is 0.385. The number of nitrogens with two attached hydrogens (primary N) is 1. The fourth-order valence-electron chi connectivity index (χ4n) is 2.58. The van der Waals surface area contributed by atoms with Crippen molar-refractivity contribution in [1.29, 1.82) is 0 Å². The fourth-order valence-corrected chi connectivity index (χ4v) is 2.58. The molecule has 21 heavy (non-hydrogen) atoms. The molecule has 1 aromatic carbocycles. The van der Waals surface area contributed by atoms with Gasteiger partial charge in [0.25, 0.3) is 0 Å². The van der Waals surface area contributed by atoms with Gasteiger partial charge < -0.3 is 10.5 Å². The van der Waals surface area contributed by atoms with Gasteiger partial charge in [-0.1, -0.05) is 64.4 Å². The number of hydrogen-bond acceptors (Lipinski definition) is 2. The van der Waals surface area contributed by atoms with Crippen molar-refractivity contribution in [2.24, 2.45) is 5.73 Å². The molecule has 1 atom stereocenters. The fraction of sp³-hybridized carbons (Fsp3) is 0.667. The summed E-state index contributed by atoms with van der Waals surface area (Å²) < 4.78 is 18.5. The van der Waals surface area contributed by atoms with Crippen molar-refractivity contribution in [3.63, 3.8) is 0 Å². The van der Waals surface area contributed by atoms with Crippen LogP contribution in [0.1, 0.15) is 76.3 Å². The van der Waals surface area contributed by atoms with Gasteiger partial charge in [-0.25, -0.2) is 4.39 Å². The highest BCUT2D eigenvalue weighted by Gasteiger charge is 2.09. The van der Waals surface area contributed by atoms with Gasteiger partial charge in [0.1, 0.15) is 0 Å². The molecule has 0 amide bonds. The number of ether oxygens (including phenoxy) is 1. The summed E-state index contributed by atoms with van der Waals surface area (Å²) in [6.07, 6.45) is 11.2. The number of benzene rings is 1. The Bertz CT molecular complexity index is 395. The minimum atomic E-state index is -0.332. The highest BCUT2D eigenvalue weighted by Crippen LogP contribution is 2.23. The van der Waals surface area contributed by atoms with Crippen molar-refractivity contribution in [2.75, 3.05) is 7.11 Å². The van der Waals surface area contributed by atoms with Crippen LogP contribution in [0.2, 0.25) is 0 Å². The average Bonchev–Trinajstić information content (AvgIpc) is 2.49. The molecule has 1 aromatic rings. The normalized spacial score (nSPS) is 12.4. The molecule has 0 aromatic heterocycles. The summed E-state index contributed by atoms with van der Waals surface area (Å²) in [7, 11) is 1.47. The van der Waals surface area contributed by atoms with Gasteiger partial charge in [-0.2, -0.15) is 0 Å². The van der Waals surface area contributed by atoms with E-state index in [1.165, 1.54) is 58.1 Å². The molecular weight excluding hydrogens is 265 g/mol. The van der Waals surface area contributed by atoms with E-state index < -0.39 is 0 Å². The van der Waals surface area contributed by atoms with E-state index in [-0.39, 0.29) is 17.6 Å². The molecule has 0 heterocycles. The lowest BCUT2D eigenvalue weighted by Crippen LogP contribution is -2.10. The van der Waals surface area contributed by atoms with Gasteiger partial charge in [0.05, 0.1) is 7.11 Å². The molecule has 0 aliphatic rings. The smallest absolute Gasteiger partial charge is 0.165 e. The van der Waals surface area contributed by atoms with Crippen LogP contribution in [-0.4, -0.2) is 7.11 Å². The van der Waals surface area contributed by atoms with Crippen molar-refractivity contribution in [3.05, 3.63) is 29.6 Å². The Morgan fingerprint density at radius 3 is 2.24 bits per heavy atom. The van der Waals surface area contributed by atoms with Gasteiger partial charge in [0, 0.05) is 6.04 Å². The maximum atomic E-state index is 13.6. The molecule has 2 nitrogen and oxygen atoms in total. The van der Waals surface area contributed by atoms with E-state index in [0.29, 0.717) is 0 Å². The van der Waals surface area contributed by atoms with Gasteiger partial charge in [-0.3, -0.25) is 0 Å². The van der Waals surface area contributed by atoms with E-state index in [1.54, 1.807) is 6.07 Å². The summed E-state index contributed by atoms with van der Waals surface area (Å²) in [5, 5.41) is 0. The van der Waals surface area contributed by atoms with Crippen LogP contribution in [0.15, 0.2) is 18.2 Å². The molecule has 0 aliphatic carbocycles. The van der Waals surface area contributed by atoms with E-state index >= 15 is 0 Å². The summed E-state index contributed by atoms with van der Waals surface area (Å²) in [6, 6.07) is 4.93. The number of halogens is 1. The van der Waals surface area contributed by atoms with Crippen LogP contribution in [0.25, 0.3) is 0 Å². The maximum absolute atomic E-state index is 13.6. The van der Waals surface area contributed by atoms with Crippen molar-refractivity contribution in [1.82, 2.24) is 0 Å². The SMILES string of the molecule is CCCCCCCCCCC(N)c1ccc(OC)c(F)c1. The molecule has 1 rings (SSSR count). The molecule has 3 heteroatoms. The van der Waals surface area contributed by atoms with Crippen LogP contribution in [0.4, 0.5) is 4.39 Å². The highest BCUT2D eigenvalue weighted by molar-refractivity contribution is 5.30. The minimum absolute atomic E-state index is 0.0782. The summed E-state index contributed by atoms with van der Waals surface area (Å²) >= 11 is 0. The monoisotopic (exact) mass is 295 g/mol. The second kappa shape index (κ2) is 10.6. The Labute approximate surface area is 128 Å². The predicted molar refractivity (Wildman–Crippen MR) is 87.1 cm³/mol. The minimum Gasteiger partial charge on any atom is -0.494 e. The predicted octanol–water partition coefficient (Wildman–Crippen LogP) is 5.36. The lowest BCUT2D eigenvalue weighted by atomic mass is 10.00. The van der Waals surface area contributed by atoms with Crippen LogP contribution >= 0.6 is 0 Å². The largest absolute Gasteiger partial charge is 0.494 e. The van der Waals surface area contributed by atoms with Gasteiger partial charge >= 0.3 is 0 Å². The van der Waals surface area contributed by atoms with E-state index in [9.17, 15) is 4.39 Å². The van der Waals surface area contributed by atoms with Crippen LogP contribution < -0.4 is 10.5 Å². The van der Waals surface area contributed by atoms with Crippen LogP contribution in [0, 0.1) is 5.82 Å². The first-order valence-corrected chi connectivity index (χ1v) is 8.28. The molecule has 120 valence electrons. The quantitative estimate of drug-likeness (QED) is 0.557. The zero-order valence-corrected chi connectivity index (χ0v) is 13.5. The second-order valence-corrected chi connectivity index (χ2v) is 5.76. The number of methoxy groups -OCH3 is 1. The van der Waals surface area contributed by atoms with E-state index in [2.05, 4.69) is 6.92 Å². The molecule has 2 N–H and O–H groups in total. The first-order valence-electron chi connectivity index (χ1n) is 8.28. The molecule has 0 aliphatic heterocycles. The van der Waals surface area contributed by atoms with Crippen LogP contribution in [0.5, 0.6) is 5.75 Å². The van der Waals surface area contributed by atoms with Gasteiger partial charge in [0.2, 0.25) is 0 Å². The third-order valence-electron chi connectivity index (χ3n) is 3.97. The lowest BCUT2D eigenvalue weighted by Gasteiger charge is -2.13. The number of rotatable bonds is 11. The Morgan fingerprint density at radius 2 is 1.67 bits per heavy atom. The Balaban J connectivity index is 2.19. The van der Waals surface area contributed by atoms with E-state index in [0.717, 1.165) is 18.4 Å². The van der Waals surface area contributed by atoms with Gasteiger partial charge in [-0.15, -0.1) is 0 Å². The molecule has 0 spiro atoms. The maximum Gasteiger partial charge on any atom is 0.165 e. The Morgan fingerprint density at radius 1 is 1.05 bits per heavy atom. The molecule has 0 fully saturated rings. The molecule has 1 unspecified atom stereocenters. The highest BCUT2D eigenvalue weighted by atomic mass is 19.1. The van der Waals surface area contributed by atoms with E-state index in [1.807, 2.05) is 6.07 Å². The van der Waals surface area contributed by atoms with Crippen molar-refractivity contribution in [3.8, 4) is 5.75 Å². The van der Waals surface area contributed by atoms with Crippen LogP contribution in [-0.2, 0) is 0 Å². The number of hydrogen-bond donors (Lipinski definition) is 1. The van der Waals surface area contributed by atoms with Gasteiger partial charge in [-0.05, 0) is 24.1 Å². The van der Waals surface area contributed by atoms with Crippen LogP contribution in [0.3, 0.4) is 0 Å². The number of unbranched alkanes of at least 4 members (excludes halogenated alkanes) is 7. The van der Waals surface area contributed by atoms with Crippen molar-refractivity contribution >= 4 is 0 Å². The summed E-state index contributed by atoms with van der Waals surface area (Å²) in [6.45, 7) is 2.24.